The number of carbonyl (C=O) groups excluding carboxylic acids is 1. The van der Waals surface area contributed by atoms with Gasteiger partial charge in [0.05, 0.1) is 4.90 Å². The summed E-state index contributed by atoms with van der Waals surface area (Å²) in [5, 5.41) is 6.74. The van der Waals surface area contributed by atoms with Crippen molar-refractivity contribution in [3.05, 3.63) is 60.5 Å². The number of hydrogen-bond donors (Lipinski definition) is 1. The second-order valence-electron chi connectivity index (χ2n) is 8.72. The summed E-state index contributed by atoms with van der Waals surface area (Å²) in [6, 6.07) is 15.8. The maximum atomic E-state index is 13.0. The average molecular weight is 469 g/mol. The van der Waals surface area contributed by atoms with Crippen LogP contribution >= 0.6 is 0 Å². The van der Waals surface area contributed by atoms with Crippen LogP contribution in [0.1, 0.15) is 32.6 Å². The second kappa shape index (κ2) is 9.84. The molecule has 1 aliphatic heterocycles. The fourth-order valence-corrected chi connectivity index (χ4v) is 5.85. The molecule has 1 saturated heterocycles. The van der Waals surface area contributed by atoms with Crippen LogP contribution in [0.2, 0.25) is 0 Å². The molecular weight excluding hydrogens is 440 g/mol. The van der Waals surface area contributed by atoms with E-state index in [-0.39, 0.29) is 17.2 Å². The lowest BCUT2D eigenvalue weighted by Gasteiger charge is -2.34. The Morgan fingerprint density at radius 2 is 1.73 bits per heavy atom. The first-order valence-corrected chi connectivity index (χ1v) is 12.5. The van der Waals surface area contributed by atoms with Crippen LogP contribution < -0.4 is 5.32 Å². The molecule has 1 N–H and O–H groups in total. The fourth-order valence-electron chi connectivity index (χ4n) is 4.17. The minimum Gasteiger partial charge on any atom is -0.339 e. The van der Waals surface area contributed by atoms with Crippen LogP contribution in [-0.4, -0.2) is 41.9 Å². The van der Waals surface area contributed by atoms with Crippen molar-refractivity contribution in [1.29, 1.82) is 0 Å². The summed E-state index contributed by atoms with van der Waals surface area (Å²) >= 11 is 0. The molecule has 8 nitrogen and oxygen atoms in total. The highest BCUT2D eigenvalue weighted by Crippen LogP contribution is 2.27. The number of aryl methyl sites for hydroxylation is 1. The molecule has 33 heavy (non-hydrogen) atoms. The van der Waals surface area contributed by atoms with Crippen LogP contribution in [0.5, 0.6) is 0 Å². The SMILES string of the molecule is C[C@@H]1C[C@H](C)CN(S(=O)(=O)c2ccc(NC(=O)CCc3nc(-c4ccccc4)no3)cc2)C1. The van der Waals surface area contributed by atoms with Crippen LogP contribution in [0.25, 0.3) is 11.4 Å². The van der Waals surface area contributed by atoms with Gasteiger partial charge in [0.15, 0.2) is 0 Å². The van der Waals surface area contributed by atoms with Crippen LogP contribution in [0, 0.1) is 11.8 Å². The highest BCUT2D eigenvalue weighted by atomic mass is 32.2. The predicted octanol–water partition coefficient (Wildman–Crippen LogP) is 3.97. The number of amides is 1. The van der Waals surface area contributed by atoms with Crippen LogP contribution in [0.4, 0.5) is 5.69 Å². The third-order valence-corrected chi connectivity index (χ3v) is 7.52. The monoisotopic (exact) mass is 468 g/mol. The molecule has 1 aromatic heterocycles. The van der Waals surface area contributed by atoms with E-state index in [1.807, 2.05) is 30.3 Å². The highest BCUT2D eigenvalue weighted by Gasteiger charge is 2.31. The number of sulfonamides is 1. The first-order chi connectivity index (χ1) is 15.8. The minimum atomic E-state index is -3.55. The van der Waals surface area contributed by atoms with Gasteiger partial charge in [-0.3, -0.25) is 4.79 Å². The van der Waals surface area contributed by atoms with Gasteiger partial charge in [-0.15, -0.1) is 0 Å². The zero-order valence-corrected chi connectivity index (χ0v) is 19.6. The van der Waals surface area contributed by atoms with Gasteiger partial charge in [-0.05, 0) is 42.5 Å². The van der Waals surface area contributed by atoms with Gasteiger partial charge in [0.25, 0.3) is 0 Å². The molecule has 1 aliphatic rings. The summed E-state index contributed by atoms with van der Waals surface area (Å²) in [5.74, 6) is 1.33. The average Bonchev–Trinajstić information content (AvgIpc) is 3.27. The van der Waals surface area contributed by atoms with Crippen molar-refractivity contribution in [2.45, 2.75) is 38.0 Å². The number of aromatic nitrogens is 2. The Morgan fingerprint density at radius 3 is 2.39 bits per heavy atom. The largest absolute Gasteiger partial charge is 0.339 e. The number of carbonyl (C=O) groups is 1. The van der Waals surface area contributed by atoms with Crippen molar-refractivity contribution < 1.29 is 17.7 Å². The van der Waals surface area contributed by atoms with Gasteiger partial charge < -0.3 is 9.84 Å². The summed E-state index contributed by atoms with van der Waals surface area (Å²) in [6.07, 6.45) is 1.51. The number of rotatable bonds is 7. The summed E-state index contributed by atoms with van der Waals surface area (Å²) in [5.41, 5.74) is 1.38. The van der Waals surface area contributed by atoms with Gasteiger partial charge >= 0.3 is 0 Å². The van der Waals surface area contributed by atoms with E-state index >= 15 is 0 Å². The van der Waals surface area contributed by atoms with Crippen LogP contribution in [-0.2, 0) is 21.2 Å². The lowest BCUT2D eigenvalue weighted by atomic mass is 9.94. The fraction of sp³-hybridized carbons (Fsp3) is 0.375. The Labute approximate surface area is 194 Å². The van der Waals surface area contributed by atoms with Crippen molar-refractivity contribution in [2.75, 3.05) is 18.4 Å². The molecule has 9 heteroatoms. The summed E-state index contributed by atoms with van der Waals surface area (Å²) < 4.78 is 32.8. The maximum absolute atomic E-state index is 13.0. The Balaban J connectivity index is 1.32. The zero-order valence-electron chi connectivity index (χ0n) is 18.8. The lowest BCUT2D eigenvalue weighted by molar-refractivity contribution is -0.116. The molecular formula is C24H28N4O4S. The maximum Gasteiger partial charge on any atom is 0.243 e. The van der Waals surface area contributed by atoms with Crippen LogP contribution in [0.15, 0.2) is 64.0 Å². The van der Waals surface area contributed by atoms with Gasteiger partial charge in [0, 0.05) is 37.2 Å². The molecule has 1 fully saturated rings. The van der Waals surface area contributed by atoms with Crippen molar-refractivity contribution in [1.82, 2.24) is 14.4 Å². The predicted molar refractivity (Wildman–Crippen MR) is 125 cm³/mol. The molecule has 0 radical (unpaired) electrons. The molecule has 0 saturated carbocycles. The number of nitrogens with one attached hydrogen (secondary N) is 1. The molecule has 2 aromatic carbocycles. The van der Waals surface area contributed by atoms with Crippen molar-refractivity contribution in [2.24, 2.45) is 11.8 Å². The van der Waals surface area contributed by atoms with E-state index in [0.29, 0.717) is 48.7 Å². The van der Waals surface area contributed by atoms with Crippen LogP contribution in [0.3, 0.4) is 0 Å². The topological polar surface area (TPSA) is 105 Å². The first kappa shape index (κ1) is 23.1. The normalized spacial score (nSPS) is 19.3. The smallest absolute Gasteiger partial charge is 0.243 e. The Bertz CT molecular complexity index is 1180. The van der Waals surface area contributed by atoms with E-state index in [4.69, 9.17) is 4.52 Å². The third-order valence-electron chi connectivity index (χ3n) is 5.68. The van der Waals surface area contributed by atoms with E-state index < -0.39 is 10.0 Å². The quantitative estimate of drug-likeness (QED) is 0.562. The van der Waals surface area contributed by atoms with Crippen molar-refractivity contribution in [3.8, 4) is 11.4 Å². The molecule has 2 atom stereocenters. The zero-order chi connectivity index (χ0) is 23.4. The summed E-state index contributed by atoms with van der Waals surface area (Å²) in [7, 11) is -3.55. The molecule has 0 unspecified atom stereocenters. The van der Waals surface area contributed by atoms with E-state index in [2.05, 4.69) is 29.3 Å². The number of benzene rings is 2. The summed E-state index contributed by atoms with van der Waals surface area (Å²) in [6.45, 7) is 5.22. The minimum absolute atomic E-state index is 0.167. The standard InChI is InChI=1S/C24H28N4O4S/c1-17-14-18(2)16-28(15-17)33(30,31)21-10-8-20(9-11-21)25-22(29)12-13-23-26-24(27-32-23)19-6-4-3-5-7-19/h3-11,17-18H,12-16H2,1-2H3,(H,25,29)/t17-,18+. The van der Waals surface area contributed by atoms with Gasteiger partial charge in [-0.25, -0.2) is 8.42 Å². The van der Waals surface area contributed by atoms with E-state index in [1.165, 1.54) is 0 Å². The van der Waals surface area contributed by atoms with E-state index in [1.54, 1.807) is 28.6 Å². The number of hydrogen-bond acceptors (Lipinski definition) is 6. The summed E-state index contributed by atoms with van der Waals surface area (Å²) in [4.78, 5) is 16.9. The Kier molecular flexibility index (Phi) is 6.90. The number of piperidine rings is 1. The van der Waals surface area contributed by atoms with Gasteiger partial charge in [-0.2, -0.15) is 9.29 Å². The second-order valence-corrected chi connectivity index (χ2v) is 10.7. The molecule has 1 amide bonds. The number of nitrogens with zero attached hydrogens (tertiary/aromatic N) is 3. The van der Waals surface area contributed by atoms with E-state index in [9.17, 15) is 13.2 Å². The molecule has 0 aliphatic carbocycles. The Morgan fingerprint density at radius 1 is 1.06 bits per heavy atom. The lowest BCUT2D eigenvalue weighted by Crippen LogP contribution is -2.42. The van der Waals surface area contributed by atoms with Gasteiger partial charge in [0.1, 0.15) is 0 Å². The highest BCUT2D eigenvalue weighted by molar-refractivity contribution is 7.89. The molecule has 3 aromatic rings. The third kappa shape index (κ3) is 5.66. The van der Waals surface area contributed by atoms with Gasteiger partial charge in [0.2, 0.25) is 27.6 Å². The molecule has 0 spiro atoms. The molecule has 4 rings (SSSR count). The molecule has 0 bridgehead atoms. The number of anilines is 1. The first-order valence-electron chi connectivity index (χ1n) is 11.1. The Hall–Kier alpha value is -3.04. The van der Waals surface area contributed by atoms with Crippen molar-refractivity contribution >= 4 is 21.6 Å². The van der Waals surface area contributed by atoms with E-state index in [0.717, 1.165) is 12.0 Å². The van der Waals surface area contributed by atoms with Crippen molar-refractivity contribution in [3.63, 3.8) is 0 Å². The molecule has 174 valence electrons. The van der Waals surface area contributed by atoms with Gasteiger partial charge in [-0.1, -0.05) is 49.3 Å². The molecule has 2 heterocycles.